The fraction of sp³-hybridized carbons (Fsp3) is 0.350. The summed E-state index contributed by atoms with van der Waals surface area (Å²) < 4.78 is 14.3. The van der Waals surface area contributed by atoms with Crippen molar-refractivity contribution in [2.75, 3.05) is 6.54 Å². The highest BCUT2D eigenvalue weighted by Crippen LogP contribution is 2.29. The van der Waals surface area contributed by atoms with Gasteiger partial charge < -0.3 is 10.2 Å². The molecule has 2 aromatic rings. The quantitative estimate of drug-likeness (QED) is 0.853. The number of amides is 3. The van der Waals surface area contributed by atoms with Gasteiger partial charge in [0, 0.05) is 16.8 Å². The molecular weight excluding hydrogens is 383 g/mol. The Kier molecular flexibility index (Phi) is 5.28. The topological polar surface area (TPSA) is 65.5 Å². The van der Waals surface area contributed by atoms with Crippen molar-refractivity contribution in [3.8, 4) is 0 Å². The van der Waals surface area contributed by atoms with Crippen molar-refractivity contribution in [3.63, 3.8) is 0 Å². The number of aromatic nitrogens is 1. The van der Waals surface area contributed by atoms with E-state index in [1.807, 2.05) is 0 Å². The van der Waals surface area contributed by atoms with Crippen molar-refractivity contribution >= 4 is 23.5 Å². The van der Waals surface area contributed by atoms with E-state index in [1.54, 1.807) is 35.4 Å². The van der Waals surface area contributed by atoms with Gasteiger partial charge in [0.15, 0.2) is 0 Å². The molecule has 146 valence electrons. The van der Waals surface area contributed by atoms with E-state index >= 15 is 0 Å². The Labute approximate surface area is 167 Å². The van der Waals surface area contributed by atoms with Crippen LogP contribution in [0.4, 0.5) is 9.18 Å². The third-order valence-corrected chi connectivity index (χ3v) is 5.63. The molecule has 28 heavy (non-hydrogen) atoms. The van der Waals surface area contributed by atoms with Crippen LogP contribution in [0.25, 0.3) is 0 Å². The van der Waals surface area contributed by atoms with Gasteiger partial charge >= 0.3 is 6.03 Å². The third-order valence-electron chi connectivity index (χ3n) is 5.27. The van der Waals surface area contributed by atoms with Crippen LogP contribution in [-0.4, -0.2) is 45.4 Å². The van der Waals surface area contributed by atoms with Crippen LogP contribution in [0.15, 0.2) is 42.6 Å². The van der Waals surface area contributed by atoms with Crippen LogP contribution in [0.3, 0.4) is 0 Å². The minimum atomic E-state index is -0.513. The van der Waals surface area contributed by atoms with Gasteiger partial charge in [0.1, 0.15) is 11.9 Å². The molecule has 0 bridgehead atoms. The second kappa shape index (κ2) is 7.85. The summed E-state index contributed by atoms with van der Waals surface area (Å²) in [6.45, 7) is 0.789. The number of halogens is 2. The zero-order valence-corrected chi connectivity index (χ0v) is 15.9. The van der Waals surface area contributed by atoms with Crippen LogP contribution in [0.1, 0.15) is 24.1 Å². The summed E-state index contributed by atoms with van der Waals surface area (Å²) in [4.78, 5) is 33.2. The number of carbonyl (C=O) groups excluding carboxylic acids is 2. The Morgan fingerprint density at radius 2 is 2.04 bits per heavy atom. The molecule has 4 rings (SSSR count). The predicted octanol–water partition coefficient (Wildman–Crippen LogP) is 2.96. The van der Waals surface area contributed by atoms with Crippen molar-refractivity contribution < 1.29 is 14.0 Å². The molecule has 1 aromatic heterocycles. The average Bonchev–Trinajstić information content (AvgIpc) is 2.71. The van der Waals surface area contributed by atoms with E-state index in [0.29, 0.717) is 18.7 Å². The molecule has 0 spiro atoms. The van der Waals surface area contributed by atoms with Crippen molar-refractivity contribution in [1.82, 2.24) is 20.1 Å². The molecule has 2 aliphatic rings. The van der Waals surface area contributed by atoms with Crippen LogP contribution in [-0.2, 0) is 17.9 Å². The highest BCUT2D eigenvalue weighted by atomic mass is 35.5. The third kappa shape index (κ3) is 3.47. The maximum atomic E-state index is 14.3. The Morgan fingerprint density at radius 3 is 2.79 bits per heavy atom. The van der Waals surface area contributed by atoms with Crippen LogP contribution in [0.5, 0.6) is 0 Å². The molecule has 3 heterocycles. The van der Waals surface area contributed by atoms with Gasteiger partial charge in [0.25, 0.3) is 0 Å². The molecule has 8 heteroatoms. The first-order chi connectivity index (χ1) is 13.6. The van der Waals surface area contributed by atoms with Crippen molar-refractivity contribution in [3.05, 3.63) is 64.7 Å². The number of rotatable bonds is 4. The summed E-state index contributed by atoms with van der Waals surface area (Å²) >= 11 is 6.18. The number of hydrogen-bond donors (Lipinski definition) is 1. The fourth-order valence-corrected chi connectivity index (χ4v) is 4.08. The van der Waals surface area contributed by atoms with E-state index in [4.69, 9.17) is 11.6 Å². The number of nitrogens with one attached hydrogen (secondary N) is 1. The molecule has 0 aliphatic carbocycles. The van der Waals surface area contributed by atoms with Gasteiger partial charge in [-0.05, 0) is 43.7 Å². The molecule has 6 nitrogen and oxygen atoms in total. The molecule has 0 saturated carbocycles. The molecule has 2 atom stereocenters. The number of piperidine rings is 1. The number of nitrogens with zero attached hydrogens (tertiary/aromatic N) is 3. The van der Waals surface area contributed by atoms with Crippen molar-refractivity contribution in [1.29, 1.82) is 0 Å². The van der Waals surface area contributed by atoms with Crippen LogP contribution in [0, 0.1) is 5.82 Å². The van der Waals surface area contributed by atoms with E-state index < -0.39 is 17.9 Å². The normalized spacial score (nSPS) is 22.4. The van der Waals surface area contributed by atoms with Gasteiger partial charge in [0.05, 0.1) is 24.8 Å². The minimum Gasteiger partial charge on any atom is -0.315 e. The summed E-state index contributed by atoms with van der Waals surface area (Å²) in [5.41, 5.74) is 0.872. The largest absolute Gasteiger partial charge is 0.327 e. The monoisotopic (exact) mass is 402 g/mol. The Balaban J connectivity index is 1.67. The van der Waals surface area contributed by atoms with Gasteiger partial charge in [-0.2, -0.15) is 0 Å². The predicted molar refractivity (Wildman–Crippen MR) is 102 cm³/mol. The van der Waals surface area contributed by atoms with E-state index in [0.717, 1.165) is 6.42 Å². The standard InChI is InChI=1S/C20H20ClFN4O2/c21-15-6-3-7-16(22)14(15)12-25-17-8-4-10-24-18(17)19(27)26(20(25)28)11-13-5-1-2-9-23-13/h1-3,5-7,9,17-18,24H,4,8,10-12H2. The summed E-state index contributed by atoms with van der Waals surface area (Å²) in [6.07, 6.45) is 3.13. The molecule has 2 aliphatic heterocycles. The first-order valence-electron chi connectivity index (χ1n) is 9.24. The number of carbonyl (C=O) groups is 2. The van der Waals surface area contributed by atoms with Crippen LogP contribution >= 0.6 is 11.6 Å². The maximum Gasteiger partial charge on any atom is 0.327 e. The average molecular weight is 403 g/mol. The number of hydrogen-bond acceptors (Lipinski definition) is 4. The van der Waals surface area contributed by atoms with Crippen LogP contribution < -0.4 is 5.32 Å². The number of pyridine rings is 1. The Bertz CT molecular complexity index is 875. The highest BCUT2D eigenvalue weighted by Gasteiger charge is 2.47. The second-order valence-corrected chi connectivity index (χ2v) is 7.40. The lowest BCUT2D eigenvalue weighted by molar-refractivity contribution is -0.137. The summed E-state index contributed by atoms with van der Waals surface area (Å²) in [5, 5.41) is 3.48. The molecular formula is C20H20ClFN4O2. The lowest BCUT2D eigenvalue weighted by Crippen LogP contribution is -2.69. The SMILES string of the molecule is O=C1C2NCCCC2N(Cc2c(F)cccc2Cl)C(=O)N1Cc1ccccn1. The highest BCUT2D eigenvalue weighted by molar-refractivity contribution is 6.31. The fourth-order valence-electron chi connectivity index (χ4n) is 3.86. The molecule has 2 fully saturated rings. The Morgan fingerprint density at radius 1 is 1.18 bits per heavy atom. The van der Waals surface area contributed by atoms with E-state index in [1.165, 1.54) is 17.0 Å². The molecule has 2 saturated heterocycles. The van der Waals surface area contributed by atoms with E-state index in [9.17, 15) is 14.0 Å². The number of fused-ring (bicyclic) bond motifs is 1. The van der Waals surface area contributed by atoms with Gasteiger partial charge in [-0.1, -0.05) is 23.7 Å². The summed E-state index contributed by atoms with van der Waals surface area (Å²) in [7, 11) is 0. The molecule has 2 unspecified atom stereocenters. The minimum absolute atomic E-state index is 0.0131. The zero-order chi connectivity index (χ0) is 19.7. The first-order valence-corrected chi connectivity index (χ1v) is 9.62. The van der Waals surface area contributed by atoms with E-state index in [2.05, 4.69) is 10.3 Å². The number of imide groups is 1. The number of benzene rings is 1. The maximum absolute atomic E-state index is 14.3. The lowest BCUT2D eigenvalue weighted by Gasteiger charge is -2.47. The van der Waals surface area contributed by atoms with Gasteiger partial charge in [-0.3, -0.25) is 14.7 Å². The lowest BCUT2D eigenvalue weighted by atomic mass is 9.93. The summed E-state index contributed by atoms with van der Waals surface area (Å²) in [5.74, 6) is -0.731. The van der Waals surface area contributed by atoms with Crippen molar-refractivity contribution in [2.45, 2.75) is 38.0 Å². The Hall–Kier alpha value is -2.51. The molecule has 1 aromatic carbocycles. The smallest absolute Gasteiger partial charge is 0.315 e. The molecule has 1 N–H and O–H groups in total. The van der Waals surface area contributed by atoms with Crippen molar-refractivity contribution in [2.24, 2.45) is 0 Å². The van der Waals surface area contributed by atoms with Crippen LogP contribution in [0.2, 0.25) is 5.02 Å². The second-order valence-electron chi connectivity index (χ2n) is 7.00. The molecule has 0 radical (unpaired) electrons. The first kappa shape index (κ1) is 18.8. The van der Waals surface area contributed by atoms with Gasteiger partial charge in [0.2, 0.25) is 5.91 Å². The zero-order valence-electron chi connectivity index (χ0n) is 15.1. The van der Waals surface area contributed by atoms with Gasteiger partial charge in [-0.25, -0.2) is 9.18 Å². The summed E-state index contributed by atoms with van der Waals surface area (Å²) in [6, 6.07) is 8.50. The van der Waals surface area contributed by atoms with E-state index in [-0.39, 0.29) is 35.6 Å². The number of urea groups is 1. The molecule has 3 amide bonds. The van der Waals surface area contributed by atoms with Gasteiger partial charge in [-0.15, -0.1) is 0 Å².